The number of likely N-dealkylation sites (tertiary alicyclic amines) is 2. The molecule has 3 aliphatic heterocycles. The molecule has 3 saturated heterocycles. The molecule has 0 radical (unpaired) electrons. The largest absolute Gasteiger partial charge is 0.392 e. The lowest BCUT2D eigenvalue weighted by Crippen LogP contribution is -2.53. The third-order valence-electron chi connectivity index (χ3n) is 6.93. The van der Waals surface area contributed by atoms with E-state index in [-0.39, 0.29) is 29.9 Å². The maximum absolute atomic E-state index is 12.7. The van der Waals surface area contributed by atoms with Gasteiger partial charge >= 0.3 is 0 Å². The first kappa shape index (κ1) is 20.4. The summed E-state index contributed by atoms with van der Waals surface area (Å²) < 4.78 is 5.74. The average Bonchev–Trinajstić information content (AvgIpc) is 3.25. The van der Waals surface area contributed by atoms with Crippen LogP contribution in [-0.2, 0) is 27.4 Å². The number of carbonyl (C=O) groups excluding carboxylic acids is 2. The monoisotopic (exact) mass is 400 g/mol. The van der Waals surface area contributed by atoms with E-state index in [2.05, 4.69) is 0 Å². The van der Waals surface area contributed by atoms with Crippen molar-refractivity contribution in [3.05, 3.63) is 35.4 Å². The van der Waals surface area contributed by atoms with Crippen molar-refractivity contribution in [2.45, 2.75) is 57.7 Å². The van der Waals surface area contributed by atoms with Crippen LogP contribution in [0.3, 0.4) is 0 Å². The van der Waals surface area contributed by atoms with Crippen LogP contribution >= 0.6 is 0 Å². The maximum Gasteiger partial charge on any atom is 0.226 e. The molecule has 6 heteroatoms. The summed E-state index contributed by atoms with van der Waals surface area (Å²) in [6.45, 7) is 3.93. The molecule has 4 rings (SSSR count). The number of carbonyl (C=O) groups is 2. The van der Waals surface area contributed by atoms with Crippen LogP contribution in [0.25, 0.3) is 0 Å². The first-order valence-electron chi connectivity index (χ1n) is 10.9. The van der Waals surface area contributed by atoms with Gasteiger partial charge in [-0.15, -0.1) is 0 Å². The number of amides is 2. The smallest absolute Gasteiger partial charge is 0.226 e. The summed E-state index contributed by atoms with van der Waals surface area (Å²) in [6.07, 6.45) is 6.26. The molecule has 1 spiro atoms. The molecule has 158 valence electrons. The van der Waals surface area contributed by atoms with E-state index >= 15 is 0 Å². The highest BCUT2D eigenvalue weighted by Gasteiger charge is 2.42. The van der Waals surface area contributed by atoms with E-state index in [0.29, 0.717) is 12.8 Å². The zero-order valence-corrected chi connectivity index (χ0v) is 17.1. The molecule has 1 aromatic carbocycles. The Hall–Kier alpha value is -1.92. The predicted octanol–water partition coefficient (Wildman–Crippen LogP) is 2.13. The minimum Gasteiger partial charge on any atom is -0.392 e. The van der Waals surface area contributed by atoms with Crippen molar-refractivity contribution in [1.82, 2.24) is 9.80 Å². The first-order valence-corrected chi connectivity index (χ1v) is 10.9. The SMILES string of the molecule is O=C(Cc1ccc(CO)cc1)N1CCC2(CCC(=O)N(CC3CCCO3)C2)CC1. The topological polar surface area (TPSA) is 70.1 Å². The number of hydrogen-bond donors (Lipinski definition) is 1. The summed E-state index contributed by atoms with van der Waals surface area (Å²) >= 11 is 0. The van der Waals surface area contributed by atoms with E-state index < -0.39 is 0 Å². The minimum atomic E-state index is 0.0226. The van der Waals surface area contributed by atoms with Gasteiger partial charge in [-0.1, -0.05) is 24.3 Å². The van der Waals surface area contributed by atoms with Crippen LogP contribution in [0, 0.1) is 5.41 Å². The minimum absolute atomic E-state index is 0.0226. The fourth-order valence-electron chi connectivity index (χ4n) is 4.99. The van der Waals surface area contributed by atoms with E-state index in [4.69, 9.17) is 9.84 Å². The van der Waals surface area contributed by atoms with E-state index in [1.54, 1.807) is 0 Å². The first-order chi connectivity index (χ1) is 14.1. The summed E-state index contributed by atoms with van der Waals surface area (Å²) in [5.41, 5.74) is 2.01. The molecule has 3 fully saturated rings. The van der Waals surface area contributed by atoms with Gasteiger partial charge in [0.05, 0.1) is 19.1 Å². The molecule has 6 nitrogen and oxygen atoms in total. The normalized spacial score (nSPS) is 24.3. The van der Waals surface area contributed by atoms with Crippen LogP contribution in [0.15, 0.2) is 24.3 Å². The number of benzene rings is 1. The van der Waals surface area contributed by atoms with Crippen LogP contribution in [0.2, 0.25) is 0 Å². The van der Waals surface area contributed by atoms with Gasteiger partial charge in [0, 0.05) is 39.2 Å². The molecule has 2 amide bonds. The van der Waals surface area contributed by atoms with Crippen LogP contribution in [0.1, 0.15) is 49.7 Å². The molecule has 0 bridgehead atoms. The van der Waals surface area contributed by atoms with Crippen molar-refractivity contribution in [3.63, 3.8) is 0 Å². The van der Waals surface area contributed by atoms with Gasteiger partial charge in [-0.2, -0.15) is 0 Å². The number of hydrogen-bond acceptors (Lipinski definition) is 4. The second-order valence-corrected chi connectivity index (χ2v) is 8.94. The highest BCUT2D eigenvalue weighted by atomic mass is 16.5. The summed E-state index contributed by atoms with van der Waals surface area (Å²) in [5.74, 6) is 0.427. The lowest BCUT2D eigenvalue weighted by Gasteiger charge is -2.47. The van der Waals surface area contributed by atoms with E-state index in [1.807, 2.05) is 34.1 Å². The zero-order valence-electron chi connectivity index (χ0n) is 17.1. The van der Waals surface area contributed by atoms with Gasteiger partial charge in [0.15, 0.2) is 0 Å². The van der Waals surface area contributed by atoms with Crippen LogP contribution in [0.4, 0.5) is 0 Å². The summed E-state index contributed by atoms with van der Waals surface area (Å²) in [7, 11) is 0. The highest BCUT2D eigenvalue weighted by Crippen LogP contribution is 2.40. The zero-order chi connectivity index (χ0) is 20.3. The third-order valence-corrected chi connectivity index (χ3v) is 6.93. The Morgan fingerprint density at radius 2 is 1.86 bits per heavy atom. The number of aliphatic hydroxyl groups excluding tert-OH is 1. The molecular weight excluding hydrogens is 368 g/mol. The highest BCUT2D eigenvalue weighted by molar-refractivity contribution is 5.79. The molecule has 3 heterocycles. The lowest BCUT2D eigenvalue weighted by atomic mass is 9.72. The Bertz CT molecular complexity index is 719. The Balaban J connectivity index is 1.30. The second kappa shape index (κ2) is 8.84. The standard InChI is InChI=1S/C23H32N2O4/c26-16-19-5-3-18(4-6-19)14-22(28)24-11-9-23(10-12-24)8-7-21(27)25(17-23)15-20-2-1-13-29-20/h3-6,20,26H,1-2,7-17H2. The van der Waals surface area contributed by atoms with Crippen LogP contribution < -0.4 is 0 Å². The van der Waals surface area contributed by atoms with Crippen LogP contribution in [0.5, 0.6) is 0 Å². The van der Waals surface area contributed by atoms with Gasteiger partial charge in [0.1, 0.15) is 0 Å². The Morgan fingerprint density at radius 3 is 2.52 bits per heavy atom. The van der Waals surface area contributed by atoms with Crippen molar-refractivity contribution in [2.75, 3.05) is 32.8 Å². The predicted molar refractivity (Wildman–Crippen MR) is 109 cm³/mol. The molecular formula is C23H32N2O4. The maximum atomic E-state index is 12.7. The van der Waals surface area contributed by atoms with Crippen molar-refractivity contribution >= 4 is 11.8 Å². The van der Waals surface area contributed by atoms with Gasteiger partial charge in [-0.05, 0) is 48.6 Å². The van der Waals surface area contributed by atoms with E-state index in [0.717, 1.165) is 76.0 Å². The van der Waals surface area contributed by atoms with Gasteiger partial charge in [-0.3, -0.25) is 9.59 Å². The molecule has 29 heavy (non-hydrogen) atoms. The van der Waals surface area contributed by atoms with Crippen molar-refractivity contribution < 1.29 is 19.4 Å². The van der Waals surface area contributed by atoms with Crippen molar-refractivity contribution in [2.24, 2.45) is 5.41 Å². The molecule has 1 aromatic rings. The quantitative estimate of drug-likeness (QED) is 0.822. The molecule has 1 atom stereocenters. The van der Waals surface area contributed by atoms with Gasteiger partial charge in [0.25, 0.3) is 0 Å². The molecule has 1 N–H and O–H groups in total. The summed E-state index contributed by atoms with van der Waals surface area (Å²) in [4.78, 5) is 29.2. The number of ether oxygens (including phenoxy) is 1. The van der Waals surface area contributed by atoms with E-state index in [1.165, 1.54) is 0 Å². The molecule has 3 aliphatic rings. The number of rotatable bonds is 5. The lowest BCUT2D eigenvalue weighted by molar-refractivity contribution is -0.143. The number of nitrogens with zero attached hydrogens (tertiary/aromatic N) is 2. The van der Waals surface area contributed by atoms with Gasteiger partial charge < -0.3 is 19.6 Å². The second-order valence-electron chi connectivity index (χ2n) is 8.94. The Morgan fingerprint density at radius 1 is 1.14 bits per heavy atom. The third kappa shape index (κ3) is 4.81. The summed E-state index contributed by atoms with van der Waals surface area (Å²) in [5, 5.41) is 9.14. The summed E-state index contributed by atoms with van der Waals surface area (Å²) in [6, 6.07) is 7.58. The van der Waals surface area contributed by atoms with Gasteiger partial charge in [0.2, 0.25) is 11.8 Å². The molecule has 0 aromatic heterocycles. The number of piperidine rings is 2. The molecule has 1 unspecified atom stereocenters. The Kier molecular flexibility index (Phi) is 6.20. The van der Waals surface area contributed by atoms with Crippen LogP contribution in [-0.4, -0.2) is 65.6 Å². The molecule has 0 aliphatic carbocycles. The fourth-order valence-corrected chi connectivity index (χ4v) is 4.99. The Labute approximate surface area is 172 Å². The van der Waals surface area contributed by atoms with Crippen molar-refractivity contribution in [1.29, 1.82) is 0 Å². The van der Waals surface area contributed by atoms with E-state index in [9.17, 15) is 9.59 Å². The average molecular weight is 401 g/mol. The number of aliphatic hydroxyl groups is 1. The van der Waals surface area contributed by atoms with Gasteiger partial charge in [-0.25, -0.2) is 0 Å². The molecule has 0 saturated carbocycles. The van der Waals surface area contributed by atoms with Crippen molar-refractivity contribution in [3.8, 4) is 0 Å². The fraction of sp³-hybridized carbons (Fsp3) is 0.652.